The van der Waals surface area contributed by atoms with Crippen LogP contribution in [0.1, 0.15) is 46.9 Å². The van der Waals surface area contributed by atoms with E-state index < -0.39 is 34.0 Å². The number of rotatable bonds is 7. The topological polar surface area (TPSA) is 163 Å². The lowest BCUT2D eigenvalue weighted by Gasteiger charge is -2.20. The Bertz CT molecular complexity index is 1240. The van der Waals surface area contributed by atoms with Crippen LogP contribution >= 0.6 is 0 Å². The molecule has 31 heavy (non-hydrogen) atoms. The molecule has 0 spiro atoms. The molecule has 0 aliphatic heterocycles. The van der Waals surface area contributed by atoms with E-state index in [-0.39, 0.29) is 39.6 Å². The van der Waals surface area contributed by atoms with Crippen LogP contribution in [0, 0.1) is 5.92 Å². The fraction of sp³-hybridized carbons (Fsp3) is 0.421. The highest BCUT2D eigenvalue weighted by molar-refractivity contribution is 7.90. The second-order valence-corrected chi connectivity index (χ2v) is 9.72. The molecular weight excluding hydrogens is 424 g/mol. The lowest BCUT2D eigenvalue weighted by atomic mass is 10.0. The molecule has 166 valence electrons. The van der Waals surface area contributed by atoms with Crippen molar-refractivity contribution in [1.29, 1.82) is 0 Å². The fourth-order valence-electron chi connectivity index (χ4n) is 2.63. The van der Waals surface area contributed by atoms with E-state index in [2.05, 4.69) is 25.8 Å². The second-order valence-electron chi connectivity index (χ2n) is 7.74. The maximum Gasteiger partial charge on any atom is 0.273 e. The van der Waals surface area contributed by atoms with Gasteiger partial charge in [-0.05, 0) is 32.8 Å². The zero-order valence-corrected chi connectivity index (χ0v) is 17.9. The Morgan fingerprint density at radius 3 is 2.55 bits per heavy atom. The van der Waals surface area contributed by atoms with Crippen molar-refractivity contribution in [1.82, 2.24) is 20.5 Å². The first kappa shape index (κ1) is 18.6. The molecule has 0 bridgehead atoms. The van der Waals surface area contributed by atoms with E-state index in [4.69, 9.17) is 4.11 Å². The molecule has 1 saturated carbocycles. The summed E-state index contributed by atoms with van der Waals surface area (Å²) in [4.78, 5) is 28.4. The second kappa shape index (κ2) is 8.19. The van der Waals surface area contributed by atoms with Gasteiger partial charge in [0.05, 0.1) is 11.3 Å². The zero-order valence-electron chi connectivity index (χ0n) is 20.1. The number of nitrogens with one attached hydrogen (secondary N) is 3. The summed E-state index contributed by atoms with van der Waals surface area (Å²) in [5, 5.41) is 24.7. The standard InChI is InChI=1S/C19H24N6O5S/c1-19(2,28)11-7-13(31(4,29)30)16(21-9-11)22-12-8-14(23-17(26)10-5-6-10)24-25-15(12)18(27)20-3/h7-10,28H,5-6H2,1-4H3,(H,20,27)(H2,21,22,23,24,26)/i3D3. The average Bonchev–Trinajstić information content (AvgIpc) is 3.50. The first-order valence-electron chi connectivity index (χ1n) is 10.8. The third kappa shape index (κ3) is 5.33. The van der Waals surface area contributed by atoms with E-state index in [0.717, 1.165) is 19.1 Å². The van der Waals surface area contributed by atoms with Crippen LogP contribution in [0.25, 0.3) is 0 Å². The number of carbonyl (C=O) groups is 2. The van der Waals surface area contributed by atoms with Gasteiger partial charge in [0.15, 0.2) is 21.3 Å². The molecule has 0 atom stereocenters. The molecule has 1 fully saturated rings. The minimum atomic E-state index is -3.86. The summed E-state index contributed by atoms with van der Waals surface area (Å²) in [7, 11) is -3.86. The smallest absolute Gasteiger partial charge is 0.273 e. The number of anilines is 3. The summed E-state index contributed by atoms with van der Waals surface area (Å²) in [6, 6.07) is 2.45. The Morgan fingerprint density at radius 2 is 1.97 bits per heavy atom. The third-order valence-electron chi connectivity index (χ3n) is 4.53. The maximum absolute atomic E-state index is 12.5. The van der Waals surface area contributed by atoms with Crippen LogP contribution < -0.4 is 16.0 Å². The number of nitrogens with zero attached hydrogens (tertiary/aromatic N) is 3. The molecule has 3 rings (SSSR count). The van der Waals surface area contributed by atoms with Gasteiger partial charge in [0.25, 0.3) is 5.91 Å². The summed E-state index contributed by atoms with van der Waals surface area (Å²) in [6.45, 7) is 0.101. The van der Waals surface area contributed by atoms with Gasteiger partial charge < -0.3 is 21.1 Å². The third-order valence-corrected chi connectivity index (χ3v) is 5.64. The van der Waals surface area contributed by atoms with Crippen LogP contribution in [0.15, 0.2) is 23.2 Å². The molecule has 12 heteroatoms. The van der Waals surface area contributed by atoms with E-state index >= 15 is 0 Å². The van der Waals surface area contributed by atoms with Crippen molar-refractivity contribution in [2.45, 2.75) is 37.2 Å². The summed E-state index contributed by atoms with van der Waals surface area (Å²) in [6.07, 6.45) is 3.67. The van der Waals surface area contributed by atoms with Crippen LogP contribution in [0.5, 0.6) is 0 Å². The largest absolute Gasteiger partial charge is 0.386 e. The molecule has 1 aliphatic carbocycles. The molecule has 2 aromatic rings. The lowest BCUT2D eigenvalue weighted by Crippen LogP contribution is -2.23. The van der Waals surface area contributed by atoms with Gasteiger partial charge in [0, 0.05) is 41.1 Å². The molecule has 4 N–H and O–H groups in total. The number of sulfone groups is 1. The molecule has 0 aromatic carbocycles. The van der Waals surface area contributed by atoms with Gasteiger partial charge in [0.1, 0.15) is 10.7 Å². The van der Waals surface area contributed by atoms with E-state index in [1.54, 1.807) is 5.32 Å². The van der Waals surface area contributed by atoms with Gasteiger partial charge in [-0.1, -0.05) is 0 Å². The molecule has 1 aliphatic rings. The van der Waals surface area contributed by atoms with Gasteiger partial charge in [-0.2, -0.15) is 0 Å². The van der Waals surface area contributed by atoms with Crippen molar-refractivity contribution in [3.05, 3.63) is 29.6 Å². The van der Waals surface area contributed by atoms with Crippen LogP contribution in [0.4, 0.5) is 17.3 Å². The predicted octanol–water partition coefficient (Wildman–Crippen LogP) is 0.954. The number of aromatic nitrogens is 3. The number of amides is 2. The van der Waals surface area contributed by atoms with Gasteiger partial charge >= 0.3 is 0 Å². The van der Waals surface area contributed by atoms with Crippen molar-refractivity contribution < 1.29 is 27.2 Å². The SMILES string of the molecule is [2H]C([2H])([2H])NC(=O)c1nnc(NC(=O)C2CC2)cc1Nc1ncc(C(C)(C)O)cc1S(C)(=O)=O. The molecular formula is C19H24N6O5S. The summed E-state index contributed by atoms with van der Waals surface area (Å²) >= 11 is 0. The van der Waals surface area contributed by atoms with E-state index in [1.165, 1.54) is 32.2 Å². The summed E-state index contributed by atoms with van der Waals surface area (Å²) in [5.41, 5.74) is -1.76. The van der Waals surface area contributed by atoms with Crippen LogP contribution in [-0.2, 0) is 20.2 Å². The van der Waals surface area contributed by atoms with Crippen LogP contribution in [0.2, 0.25) is 0 Å². The molecule has 0 unspecified atom stereocenters. The number of hydrogen-bond acceptors (Lipinski definition) is 9. The number of carbonyl (C=O) groups excluding carboxylic acids is 2. The Hall–Kier alpha value is -3.12. The average molecular weight is 452 g/mol. The first-order valence-corrected chi connectivity index (χ1v) is 11.1. The van der Waals surface area contributed by atoms with Crippen LogP contribution in [-0.4, -0.2) is 53.8 Å². The fourth-order valence-corrected chi connectivity index (χ4v) is 3.43. The maximum atomic E-state index is 12.5. The van der Waals surface area contributed by atoms with Crippen molar-refractivity contribution in [3.8, 4) is 0 Å². The highest BCUT2D eigenvalue weighted by Gasteiger charge is 2.30. The van der Waals surface area contributed by atoms with Gasteiger partial charge in [-0.15, -0.1) is 10.2 Å². The summed E-state index contributed by atoms with van der Waals surface area (Å²) < 4.78 is 46.6. The van der Waals surface area contributed by atoms with Crippen molar-refractivity contribution in [3.63, 3.8) is 0 Å². The minimum Gasteiger partial charge on any atom is -0.386 e. The zero-order chi connectivity index (χ0) is 25.5. The summed E-state index contributed by atoms with van der Waals surface area (Å²) in [5.74, 6) is -1.78. The highest BCUT2D eigenvalue weighted by Crippen LogP contribution is 2.31. The van der Waals surface area contributed by atoms with Crippen molar-refractivity contribution in [2.75, 3.05) is 23.9 Å². The lowest BCUT2D eigenvalue weighted by molar-refractivity contribution is -0.117. The monoisotopic (exact) mass is 451 g/mol. The van der Waals surface area contributed by atoms with Gasteiger partial charge in [-0.3, -0.25) is 9.59 Å². The molecule has 2 heterocycles. The van der Waals surface area contributed by atoms with E-state index in [0.29, 0.717) is 0 Å². The Kier molecular flexibility index (Phi) is 4.92. The van der Waals surface area contributed by atoms with Gasteiger partial charge in [0.2, 0.25) is 5.91 Å². The van der Waals surface area contributed by atoms with E-state index in [9.17, 15) is 23.1 Å². The van der Waals surface area contributed by atoms with Gasteiger partial charge in [-0.25, -0.2) is 13.4 Å². The molecule has 2 aromatic heterocycles. The molecule has 0 saturated heterocycles. The van der Waals surface area contributed by atoms with Crippen LogP contribution in [0.3, 0.4) is 0 Å². The van der Waals surface area contributed by atoms with E-state index in [1.807, 2.05) is 0 Å². The molecule has 0 radical (unpaired) electrons. The number of pyridine rings is 1. The van der Waals surface area contributed by atoms with Crippen molar-refractivity contribution >= 4 is 39.0 Å². The first-order chi connectivity index (χ1) is 15.5. The minimum absolute atomic E-state index is 0.0288. The Morgan fingerprint density at radius 1 is 1.26 bits per heavy atom. The number of hydrogen-bond donors (Lipinski definition) is 4. The molecule has 2 amide bonds. The Labute approximate surface area is 183 Å². The highest BCUT2D eigenvalue weighted by atomic mass is 32.2. The normalized spacial score (nSPS) is 15.9. The molecule has 11 nitrogen and oxygen atoms in total. The number of aliphatic hydroxyl groups is 1. The predicted molar refractivity (Wildman–Crippen MR) is 113 cm³/mol. The Balaban J connectivity index is 2.07. The van der Waals surface area contributed by atoms with Crippen molar-refractivity contribution in [2.24, 2.45) is 5.92 Å². The quantitative estimate of drug-likeness (QED) is 0.480.